The fourth-order valence-corrected chi connectivity index (χ4v) is 1.53. The van der Waals surface area contributed by atoms with E-state index in [-0.39, 0.29) is 18.2 Å². The average Bonchev–Trinajstić information content (AvgIpc) is 2.39. The highest BCUT2D eigenvalue weighted by atomic mass is 16.5. The Balaban J connectivity index is 2.59. The van der Waals surface area contributed by atoms with E-state index in [9.17, 15) is 4.79 Å². The van der Waals surface area contributed by atoms with E-state index in [2.05, 4.69) is 10.3 Å². The van der Waals surface area contributed by atoms with E-state index in [4.69, 9.17) is 14.9 Å². The van der Waals surface area contributed by atoms with E-state index >= 15 is 0 Å². The number of aromatic nitrogens is 1. The molecule has 1 atom stereocenters. The van der Waals surface area contributed by atoms with Gasteiger partial charge >= 0.3 is 5.97 Å². The van der Waals surface area contributed by atoms with Crippen molar-refractivity contribution in [2.45, 2.75) is 19.0 Å². The molecule has 3 N–H and O–H groups in total. The highest BCUT2D eigenvalue weighted by molar-refractivity contribution is 5.88. The number of methoxy groups -OCH3 is 1. The minimum Gasteiger partial charge on any atom is -0.478 e. The van der Waals surface area contributed by atoms with Crippen LogP contribution in [0, 0.1) is 0 Å². The van der Waals surface area contributed by atoms with Gasteiger partial charge in [0, 0.05) is 32.5 Å². The summed E-state index contributed by atoms with van der Waals surface area (Å²) in [5.74, 6) is -1.00. The van der Waals surface area contributed by atoms with E-state index in [0.717, 1.165) is 0 Å². The Morgan fingerprint density at radius 2 is 2.39 bits per heavy atom. The van der Waals surface area contributed by atoms with Crippen molar-refractivity contribution in [1.82, 2.24) is 10.3 Å². The third kappa shape index (κ3) is 4.40. The van der Waals surface area contributed by atoms with Crippen LogP contribution in [0.1, 0.15) is 22.5 Å². The zero-order valence-electron chi connectivity index (χ0n) is 10.3. The maximum absolute atomic E-state index is 11.0. The van der Waals surface area contributed by atoms with Gasteiger partial charge in [-0.05, 0) is 18.6 Å². The predicted octanol–water partition coefficient (Wildman–Crippen LogP) is 0.267. The van der Waals surface area contributed by atoms with Crippen molar-refractivity contribution in [1.29, 1.82) is 0 Å². The largest absolute Gasteiger partial charge is 0.478 e. The summed E-state index contributed by atoms with van der Waals surface area (Å²) < 4.78 is 4.93. The van der Waals surface area contributed by atoms with Gasteiger partial charge in [-0.1, -0.05) is 0 Å². The Kier molecular flexibility index (Phi) is 6.27. The number of aliphatic hydroxyl groups excluding tert-OH is 1. The molecule has 1 unspecified atom stereocenters. The number of aliphatic hydroxyl groups is 1. The number of carboxylic acid groups (broad SMARTS) is 1. The van der Waals surface area contributed by atoms with Crippen LogP contribution >= 0.6 is 0 Å². The summed E-state index contributed by atoms with van der Waals surface area (Å²) in [6, 6.07) is 2.96. The predicted molar refractivity (Wildman–Crippen MR) is 65.4 cm³/mol. The van der Waals surface area contributed by atoms with Crippen LogP contribution in [0.15, 0.2) is 18.3 Å². The topological polar surface area (TPSA) is 91.7 Å². The first-order chi connectivity index (χ1) is 8.69. The highest BCUT2D eigenvalue weighted by Gasteiger charge is 2.12. The highest BCUT2D eigenvalue weighted by Crippen LogP contribution is 2.05. The van der Waals surface area contributed by atoms with Crippen molar-refractivity contribution in [3.8, 4) is 0 Å². The first kappa shape index (κ1) is 14.6. The average molecular weight is 254 g/mol. The molecule has 0 aliphatic heterocycles. The summed E-state index contributed by atoms with van der Waals surface area (Å²) in [6.07, 6.45) is 2.20. The van der Waals surface area contributed by atoms with Gasteiger partial charge in [0.25, 0.3) is 0 Å². The number of ether oxygens (including phenoxy) is 1. The Morgan fingerprint density at radius 3 is 3.00 bits per heavy atom. The van der Waals surface area contributed by atoms with Crippen molar-refractivity contribution >= 4 is 5.97 Å². The Morgan fingerprint density at radius 1 is 1.61 bits per heavy atom. The molecule has 0 amide bonds. The summed E-state index contributed by atoms with van der Waals surface area (Å²) in [7, 11) is 1.59. The van der Waals surface area contributed by atoms with Gasteiger partial charge in [0.1, 0.15) is 0 Å². The van der Waals surface area contributed by atoms with E-state index in [0.29, 0.717) is 25.3 Å². The molecule has 1 aromatic heterocycles. The molecule has 1 rings (SSSR count). The first-order valence-electron chi connectivity index (χ1n) is 5.69. The van der Waals surface area contributed by atoms with Crippen molar-refractivity contribution < 1.29 is 19.7 Å². The lowest BCUT2D eigenvalue weighted by atomic mass is 10.1. The lowest BCUT2D eigenvalue weighted by molar-refractivity contribution is 0.0694. The van der Waals surface area contributed by atoms with Crippen LogP contribution in [0.2, 0.25) is 0 Å². The Bertz CT molecular complexity index is 384. The minimum atomic E-state index is -1.00. The summed E-state index contributed by atoms with van der Waals surface area (Å²) in [5.41, 5.74) is 0.634. The summed E-state index contributed by atoms with van der Waals surface area (Å²) in [4.78, 5) is 15.0. The normalized spacial score (nSPS) is 12.3. The van der Waals surface area contributed by atoms with E-state index in [1.54, 1.807) is 19.4 Å². The van der Waals surface area contributed by atoms with Gasteiger partial charge < -0.3 is 20.3 Å². The summed E-state index contributed by atoms with van der Waals surface area (Å²) in [5, 5.41) is 21.2. The van der Waals surface area contributed by atoms with Crippen LogP contribution in [-0.4, -0.2) is 47.5 Å². The second-order valence-corrected chi connectivity index (χ2v) is 3.84. The number of nitrogens with zero attached hydrogens (tertiary/aromatic N) is 1. The fraction of sp³-hybridized carbons (Fsp3) is 0.500. The Labute approximate surface area is 106 Å². The molecule has 0 aromatic carbocycles. The number of rotatable bonds is 8. The molecule has 1 aromatic rings. The molecule has 0 spiro atoms. The third-order valence-corrected chi connectivity index (χ3v) is 2.57. The molecule has 100 valence electrons. The molecule has 1 heterocycles. The zero-order chi connectivity index (χ0) is 13.4. The van der Waals surface area contributed by atoms with Crippen LogP contribution in [0.5, 0.6) is 0 Å². The molecule has 0 saturated heterocycles. The molecular formula is C12H18N2O4. The fourth-order valence-electron chi connectivity index (χ4n) is 1.53. The van der Waals surface area contributed by atoms with Gasteiger partial charge in [-0.15, -0.1) is 0 Å². The van der Waals surface area contributed by atoms with Crippen molar-refractivity contribution in [3.05, 3.63) is 29.6 Å². The monoisotopic (exact) mass is 254 g/mol. The van der Waals surface area contributed by atoms with Gasteiger partial charge in [0.2, 0.25) is 0 Å². The molecule has 0 aliphatic rings. The standard InChI is InChI=1S/C12H18N2O4/c1-18-6-4-9(8-15)14-7-11-10(12(16)17)3-2-5-13-11/h2-3,5,9,14-15H,4,6-8H2,1H3,(H,16,17). The van der Waals surface area contributed by atoms with Gasteiger partial charge in [0.15, 0.2) is 0 Å². The maximum Gasteiger partial charge on any atom is 0.337 e. The van der Waals surface area contributed by atoms with Crippen molar-refractivity contribution in [2.24, 2.45) is 0 Å². The molecule has 6 nitrogen and oxygen atoms in total. The SMILES string of the molecule is COCCC(CO)NCc1ncccc1C(=O)O. The molecular weight excluding hydrogens is 236 g/mol. The maximum atomic E-state index is 11.0. The zero-order valence-corrected chi connectivity index (χ0v) is 10.3. The second-order valence-electron chi connectivity index (χ2n) is 3.84. The van der Waals surface area contributed by atoms with E-state index in [1.807, 2.05) is 0 Å². The lowest BCUT2D eigenvalue weighted by Crippen LogP contribution is -2.33. The van der Waals surface area contributed by atoms with Crippen LogP contribution < -0.4 is 5.32 Å². The first-order valence-corrected chi connectivity index (χ1v) is 5.69. The molecule has 0 radical (unpaired) electrons. The summed E-state index contributed by atoms with van der Waals surface area (Å²) >= 11 is 0. The van der Waals surface area contributed by atoms with Gasteiger partial charge in [-0.2, -0.15) is 0 Å². The van der Waals surface area contributed by atoms with Gasteiger partial charge in [-0.3, -0.25) is 4.98 Å². The number of hydrogen-bond donors (Lipinski definition) is 3. The van der Waals surface area contributed by atoms with Crippen LogP contribution in [0.4, 0.5) is 0 Å². The number of carbonyl (C=O) groups is 1. The quantitative estimate of drug-likeness (QED) is 0.616. The molecule has 6 heteroatoms. The molecule has 0 aliphatic carbocycles. The van der Waals surface area contributed by atoms with Gasteiger partial charge in [-0.25, -0.2) is 4.79 Å². The molecule has 18 heavy (non-hydrogen) atoms. The van der Waals surface area contributed by atoms with E-state index < -0.39 is 5.97 Å². The molecule has 0 fully saturated rings. The number of carboxylic acids is 1. The Hall–Kier alpha value is -1.50. The van der Waals surface area contributed by atoms with E-state index in [1.165, 1.54) is 6.07 Å². The smallest absolute Gasteiger partial charge is 0.337 e. The molecule has 0 saturated carbocycles. The van der Waals surface area contributed by atoms with Crippen LogP contribution in [0.3, 0.4) is 0 Å². The number of nitrogens with one attached hydrogen (secondary N) is 1. The third-order valence-electron chi connectivity index (χ3n) is 2.57. The number of hydrogen-bond acceptors (Lipinski definition) is 5. The van der Waals surface area contributed by atoms with Crippen molar-refractivity contribution in [2.75, 3.05) is 20.3 Å². The number of aromatic carboxylic acids is 1. The van der Waals surface area contributed by atoms with Gasteiger partial charge in [0.05, 0.1) is 17.9 Å². The minimum absolute atomic E-state index is 0.0292. The molecule has 0 bridgehead atoms. The number of pyridine rings is 1. The van der Waals surface area contributed by atoms with Crippen molar-refractivity contribution in [3.63, 3.8) is 0 Å². The second kappa shape index (κ2) is 7.75. The van der Waals surface area contributed by atoms with Crippen LogP contribution in [-0.2, 0) is 11.3 Å². The summed E-state index contributed by atoms with van der Waals surface area (Å²) in [6.45, 7) is 0.808. The van der Waals surface area contributed by atoms with Crippen LogP contribution in [0.25, 0.3) is 0 Å². The lowest BCUT2D eigenvalue weighted by Gasteiger charge is -2.16.